The van der Waals surface area contributed by atoms with E-state index in [0.717, 1.165) is 0 Å². The summed E-state index contributed by atoms with van der Waals surface area (Å²) in [5.74, 6) is -0.927. The molecule has 0 spiro atoms. The van der Waals surface area contributed by atoms with Crippen LogP contribution in [-0.4, -0.2) is 31.5 Å². The van der Waals surface area contributed by atoms with Gasteiger partial charge in [-0.3, -0.25) is 0 Å². The first kappa shape index (κ1) is 12.9. The van der Waals surface area contributed by atoms with E-state index in [9.17, 15) is 13.2 Å². The molecule has 1 aromatic carbocycles. The first-order valence-corrected chi connectivity index (χ1v) is 4.94. The van der Waals surface area contributed by atoms with Gasteiger partial charge in [-0.2, -0.15) is 9.97 Å². The molecular formula is C10H7F3N4O2. The second-order valence-corrected chi connectivity index (χ2v) is 3.37. The molecule has 19 heavy (non-hydrogen) atoms. The van der Waals surface area contributed by atoms with Crippen molar-refractivity contribution in [2.24, 2.45) is 0 Å². The van der Waals surface area contributed by atoms with E-state index >= 15 is 0 Å². The summed E-state index contributed by atoms with van der Waals surface area (Å²) < 4.78 is 39.1. The van der Waals surface area contributed by atoms with Gasteiger partial charge in [-0.05, 0) is 12.1 Å². The zero-order chi connectivity index (χ0) is 14.0. The maximum Gasteiger partial charge on any atom is 0.491 e. The van der Waals surface area contributed by atoms with Crippen LogP contribution in [0.3, 0.4) is 0 Å². The maximum absolute atomic E-state index is 13.0. The number of aromatic nitrogens is 3. The first-order chi connectivity index (χ1) is 8.88. The summed E-state index contributed by atoms with van der Waals surface area (Å²) in [6.45, 7) is 0. The van der Waals surface area contributed by atoms with Crippen LogP contribution < -0.4 is 4.90 Å². The number of anilines is 2. The topological polar surface area (TPSA) is 82.4 Å². The van der Waals surface area contributed by atoms with Gasteiger partial charge in [-0.25, -0.2) is 4.90 Å². The van der Waals surface area contributed by atoms with Crippen molar-refractivity contribution in [3.05, 3.63) is 30.3 Å². The Morgan fingerprint density at radius 2 is 1.42 bits per heavy atom. The van der Waals surface area contributed by atoms with E-state index < -0.39 is 24.3 Å². The van der Waals surface area contributed by atoms with Crippen LogP contribution in [0.5, 0.6) is 12.0 Å². The Labute approximate surface area is 104 Å². The third-order valence-corrected chi connectivity index (χ3v) is 2.07. The zero-order valence-corrected chi connectivity index (χ0v) is 9.20. The minimum absolute atomic E-state index is 0.186. The molecule has 2 rings (SSSR count). The number of benzene rings is 1. The van der Waals surface area contributed by atoms with Gasteiger partial charge in [0.2, 0.25) is 5.95 Å². The molecule has 0 aliphatic rings. The number of aromatic hydroxyl groups is 2. The molecule has 100 valence electrons. The van der Waals surface area contributed by atoms with Crippen molar-refractivity contribution >= 4 is 11.6 Å². The second kappa shape index (κ2) is 4.59. The summed E-state index contributed by atoms with van der Waals surface area (Å²) in [5, 5.41) is 18.1. The van der Waals surface area contributed by atoms with E-state index in [4.69, 9.17) is 10.2 Å². The summed E-state index contributed by atoms with van der Waals surface area (Å²) in [5.41, 5.74) is -0.264. The Bertz CT molecular complexity index is 556. The molecule has 0 atom stereocenters. The van der Waals surface area contributed by atoms with Crippen molar-refractivity contribution in [3.63, 3.8) is 0 Å². The van der Waals surface area contributed by atoms with Crippen LogP contribution in [0.4, 0.5) is 24.8 Å². The highest BCUT2D eigenvalue weighted by atomic mass is 19.4. The summed E-state index contributed by atoms with van der Waals surface area (Å²) in [6, 6.07) is 4.70. The van der Waals surface area contributed by atoms with Crippen LogP contribution >= 0.6 is 0 Å². The average Bonchev–Trinajstić information content (AvgIpc) is 2.27. The number of halogens is 3. The highest BCUT2D eigenvalue weighted by molar-refractivity contribution is 5.58. The second-order valence-electron chi connectivity index (χ2n) is 3.37. The summed E-state index contributed by atoms with van der Waals surface area (Å²) in [6.07, 6.45) is -4.83. The highest BCUT2D eigenvalue weighted by Gasteiger charge is 2.41. The summed E-state index contributed by atoms with van der Waals surface area (Å²) in [4.78, 5) is 9.11. The fourth-order valence-corrected chi connectivity index (χ4v) is 1.40. The van der Waals surface area contributed by atoms with E-state index in [-0.39, 0.29) is 10.6 Å². The lowest BCUT2D eigenvalue weighted by Gasteiger charge is -2.24. The largest absolute Gasteiger partial charge is 0.491 e. The fraction of sp³-hybridized carbons (Fsp3) is 0.100. The number of nitrogens with zero attached hydrogens (tertiary/aromatic N) is 4. The van der Waals surface area contributed by atoms with Gasteiger partial charge in [0.25, 0.3) is 0 Å². The lowest BCUT2D eigenvalue weighted by molar-refractivity contribution is -0.121. The van der Waals surface area contributed by atoms with Crippen LogP contribution in [-0.2, 0) is 0 Å². The van der Waals surface area contributed by atoms with Crippen molar-refractivity contribution < 1.29 is 23.4 Å². The molecule has 1 heterocycles. The molecular weight excluding hydrogens is 265 g/mol. The SMILES string of the molecule is Oc1nc(O)nc(N(c2ccccc2)C(F)(F)F)n1. The van der Waals surface area contributed by atoms with Crippen LogP contribution in [0.25, 0.3) is 0 Å². The van der Waals surface area contributed by atoms with Crippen LogP contribution in [0.15, 0.2) is 30.3 Å². The predicted octanol–water partition coefficient (Wildman–Crippen LogP) is 1.94. The molecule has 0 fully saturated rings. The fourth-order valence-electron chi connectivity index (χ4n) is 1.40. The Kier molecular flexibility index (Phi) is 3.11. The van der Waals surface area contributed by atoms with Gasteiger partial charge in [-0.15, -0.1) is 18.2 Å². The molecule has 2 aromatic rings. The standard InChI is InChI=1S/C10H7F3N4O2/c11-10(12,13)17(6-4-2-1-3-5-6)7-14-8(18)16-9(19)15-7/h1-5H,(H2,14,15,16,18,19). The van der Waals surface area contributed by atoms with Crippen molar-refractivity contribution in [1.82, 2.24) is 15.0 Å². The van der Waals surface area contributed by atoms with E-state index in [1.807, 2.05) is 0 Å². The third kappa shape index (κ3) is 2.81. The molecule has 1 aromatic heterocycles. The molecule has 0 amide bonds. The molecule has 2 N–H and O–H groups in total. The van der Waals surface area contributed by atoms with E-state index in [2.05, 4.69) is 15.0 Å². The van der Waals surface area contributed by atoms with Gasteiger partial charge in [-0.1, -0.05) is 18.2 Å². The third-order valence-electron chi connectivity index (χ3n) is 2.07. The van der Waals surface area contributed by atoms with Crippen molar-refractivity contribution in [1.29, 1.82) is 0 Å². The summed E-state index contributed by atoms with van der Waals surface area (Å²) >= 11 is 0. The highest BCUT2D eigenvalue weighted by Crippen LogP contribution is 2.34. The molecule has 0 saturated heterocycles. The van der Waals surface area contributed by atoms with Crippen molar-refractivity contribution in [3.8, 4) is 12.0 Å². The van der Waals surface area contributed by atoms with Crippen LogP contribution in [0.2, 0.25) is 0 Å². The van der Waals surface area contributed by atoms with Crippen LogP contribution in [0, 0.1) is 0 Å². The smallest absolute Gasteiger partial charge is 0.479 e. The van der Waals surface area contributed by atoms with Crippen LogP contribution in [0.1, 0.15) is 0 Å². The van der Waals surface area contributed by atoms with Gasteiger partial charge in [0.1, 0.15) is 0 Å². The predicted molar refractivity (Wildman–Crippen MR) is 57.8 cm³/mol. The molecule has 0 aliphatic carbocycles. The Morgan fingerprint density at radius 3 is 1.89 bits per heavy atom. The number of hydrogen-bond acceptors (Lipinski definition) is 6. The minimum atomic E-state index is -4.83. The maximum atomic E-state index is 13.0. The monoisotopic (exact) mass is 272 g/mol. The first-order valence-electron chi connectivity index (χ1n) is 4.94. The lowest BCUT2D eigenvalue weighted by Crippen LogP contribution is -2.35. The molecule has 0 bridgehead atoms. The Balaban J connectivity index is 2.56. The lowest BCUT2D eigenvalue weighted by atomic mass is 10.3. The molecule has 0 saturated carbocycles. The van der Waals surface area contributed by atoms with Crippen molar-refractivity contribution in [2.75, 3.05) is 4.90 Å². The van der Waals surface area contributed by atoms with Gasteiger partial charge in [0, 0.05) is 0 Å². The van der Waals surface area contributed by atoms with E-state index in [1.165, 1.54) is 24.3 Å². The average molecular weight is 272 g/mol. The van der Waals surface area contributed by atoms with Gasteiger partial charge in [0.15, 0.2) is 0 Å². The molecule has 6 nitrogen and oxygen atoms in total. The van der Waals surface area contributed by atoms with E-state index in [0.29, 0.717) is 0 Å². The van der Waals surface area contributed by atoms with Crippen molar-refractivity contribution in [2.45, 2.75) is 6.30 Å². The van der Waals surface area contributed by atoms with Gasteiger partial charge in [0.05, 0.1) is 5.69 Å². The molecule has 0 radical (unpaired) electrons. The normalized spacial score (nSPS) is 11.3. The molecule has 0 aliphatic heterocycles. The quantitative estimate of drug-likeness (QED) is 0.813. The minimum Gasteiger partial charge on any atom is -0.479 e. The Morgan fingerprint density at radius 1 is 0.895 bits per heavy atom. The molecule has 0 unspecified atom stereocenters. The number of para-hydroxylation sites is 1. The molecule has 9 heteroatoms. The number of hydrogen-bond donors (Lipinski definition) is 2. The van der Waals surface area contributed by atoms with Gasteiger partial charge < -0.3 is 10.2 Å². The number of rotatable bonds is 2. The Hall–Kier alpha value is -2.58. The zero-order valence-electron chi connectivity index (χ0n) is 9.20. The number of alkyl halides is 3. The van der Waals surface area contributed by atoms with E-state index in [1.54, 1.807) is 6.07 Å². The van der Waals surface area contributed by atoms with Gasteiger partial charge >= 0.3 is 18.3 Å². The summed E-state index contributed by atoms with van der Waals surface area (Å²) in [7, 11) is 0.